The Labute approximate surface area is 125 Å². The van der Waals surface area contributed by atoms with E-state index in [9.17, 15) is 4.79 Å². The molecular weight excluding hydrogens is 268 g/mol. The summed E-state index contributed by atoms with van der Waals surface area (Å²) in [6, 6.07) is 0. The van der Waals surface area contributed by atoms with Gasteiger partial charge in [-0.05, 0) is 51.7 Å². The Morgan fingerprint density at radius 2 is 2.14 bits per heavy atom. The summed E-state index contributed by atoms with van der Waals surface area (Å²) in [4.78, 5) is 21.8. The first-order valence-corrected chi connectivity index (χ1v) is 7.52. The van der Waals surface area contributed by atoms with Crippen LogP contribution in [-0.2, 0) is 4.74 Å². The smallest absolute Gasteiger partial charge is 0.358 e. The predicted molar refractivity (Wildman–Crippen MR) is 81.3 cm³/mol. The molecule has 1 aromatic heterocycles. The topological polar surface area (TPSA) is 67.3 Å². The third kappa shape index (κ3) is 4.97. The molecule has 0 spiro atoms. The Balaban J connectivity index is 1.65. The number of likely N-dealkylation sites (tertiary alicyclic amines) is 1. The minimum absolute atomic E-state index is 0.231. The van der Waals surface area contributed by atoms with Gasteiger partial charge in [0, 0.05) is 6.54 Å². The van der Waals surface area contributed by atoms with Crippen molar-refractivity contribution in [2.24, 2.45) is 5.92 Å². The molecule has 0 radical (unpaired) electrons. The number of piperidine rings is 1. The van der Waals surface area contributed by atoms with Gasteiger partial charge >= 0.3 is 5.97 Å². The van der Waals surface area contributed by atoms with Gasteiger partial charge < -0.3 is 15.0 Å². The highest BCUT2D eigenvalue weighted by Crippen LogP contribution is 2.20. The number of esters is 1. The lowest BCUT2D eigenvalue weighted by Gasteiger charge is -2.28. The number of methoxy groups -OCH3 is 1. The van der Waals surface area contributed by atoms with Crippen molar-refractivity contribution in [3.8, 4) is 0 Å². The summed E-state index contributed by atoms with van der Waals surface area (Å²) in [5, 5.41) is 3.24. The number of carbonyl (C=O) groups is 1. The number of ether oxygens (including phenoxy) is 1. The largest absolute Gasteiger partial charge is 0.464 e. The third-order valence-corrected chi connectivity index (χ3v) is 3.98. The van der Waals surface area contributed by atoms with E-state index in [2.05, 4.69) is 32.0 Å². The molecule has 1 saturated heterocycles. The number of aromatic nitrogens is 2. The van der Waals surface area contributed by atoms with E-state index in [1.807, 2.05) is 0 Å². The van der Waals surface area contributed by atoms with Crippen LogP contribution in [0.1, 0.15) is 36.2 Å². The molecule has 21 heavy (non-hydrogen) atoms. The Hall–Kier alpha value is -1.69. The van der Waals surface area contributed by atoms with Gasteiger partial charge in [0.25, 0.3) is 0 Å². The molecule has 2 heterocycles. The maximum atomic E-state index is 11.2. The summed E-state index contributed by atoms with van der Waals surface area (Å²) in [6.07, 6.45) is 8.02. The van der Waals surface area contributed by atoms with Crippen LogP contribution in [0.15, 0.2) is 12.4 Å². The standard InChI is InChI=1S/C15H24N4O2/c1-19-8-5-12(6-9-19)4-3-7-16-14-11-17-13(10-18-14)15(20)21-2/h10-12H,3-9H2,1-2H3,(H,16,18). The van der Waals surface area contributed by atoms with E-state index in [1.165, 1.54) is 45.7 Å². The van der Waals surface area contributed by atoms with E-state index < -0.39 is 5.97 Å². The number of anilines is 1. The molecule has 2 rings (SSSR count). The normalized spacial score (nSPS) is 16.7. The summed E-state index contributed by atoms with van der Waals surface area (Å²) >= 11 is 0. The summed E-state index contributed by atoms with van der Waals surface area (Å²) < 4.78 is 4.58. The Bertz CT molecular complexity index is 441. The van der Waals surface area contributed by atoms with Gasteiger partial charge in [-0.3, -0.25) is 0 Å². The van der Waals surface area contributed by atoms with E-state index >= 15 is 0 Å². The van der Waals surface area contributed by atoms with E-state index in [4.69, 9.17) is 0 Å². The summed E-state index contributed by atoms with van der Waals surface area (Å²) in [5.74, 6) is 1.10. The van der Waals surface area contributed by atoms with Crippen molar-refractivity contribution in [1.29, 1.82) is 0 Å². The molecule has 1 aliphatic rings. The number of hydrogen-bond acceptors (Lipinski definition) is 6. The van der Waals surface area contributed by atoms with Crippen molar-refractivity contribution in [2.45, 2.75) is 25.7 Å². The van der Waals surface area contributed by atoms with Gasteiger partial charge in [0.05, 0.1) is 19.5 Å². The van der Waals surface area contributed by atoms with Crippen LogP contribution in [0, 0.1) is 5.92 Å². The molecule has 0 saturated carbocycles. The average molecular weight is 292 g/mol. The number of rotatable bonds is 6. The fourth-order valence-corrected chi connectivity index (χ4v) is 2.59. The Kier molecular flexibility index (Phi) is 5.92. The highest BCUT2D eigenvalue weighted by molar-refractivity contribution is 5.86. The lowest BCUT2D eigenvalue weighted by Crippen LogP contribution is -2.30. The molecule has 6 nitrogen and oxygen atoms in total. The minimum atomic E-state index is -0.462. The minimum Gasteiger partial charge on any atom is -0.464 e. The molecule has 0 unspecified atom stereocenters. The second-order valence-corrected chi connectivity index (χ2v) is 5.59. The Morgan fingerprint density at radius 1 is 1.38 bits per heavy atom. The fraction of sp³-hybridized carbons (Fsp3) is 0.667. The molecule has 0 atom stereocenters. The lowest BCUT2D eigenvalue weighted by molar-refractivity contribution is 0.0593. The first-order chi connectivity index (χ1) is 10.2. The first kappa shape index (κ1) is 15.7. The van der Waals surface area contributed by atoms with Crippen molar-refractivity contribution in [2.75, 3.05) is 39.1 Å². The molecule has 0 aliphatic carbocycles. The molecule has 0 amide bonds. The highest BCUT2D eigenvalue weighted by Gasteiger charge is 2.15. The zero-order chi connectivity index (χ0) is 15.1. The first-order valence-electron chi connectivity index (χ1n) is 7.52. The highest BCUT2D eigenvalue weighted by atomic mass is 16.5. The zero-order valence-electron chi connectivity index (χ0n) is 12.8. The van der Waals surface area contributed by atoms with E-state index in [-0.39, 0.29) is 5.69 Å². The van der Waals surface area contributed by atoms with Gasteiger partial charge in [-0.1, -0.05) is 0 Å². The molecule has 1 aliphatic heterocycles. The van der Waals surface area contributed by atoms with Gasteiger partial charge in [-0.15, -0.1) is 0 Å². The molecule has 1 fully saturated rings. The molecule has 1 N–H and O–H groups in total. The van der Waals surface area contributed by atoms with Crippen LogP contribution in [0.5, 0.6) is 0 Å². The SMILES string of the molecule is COC(=O)c1cnc(NCCCC2CCN(C)CC2)cn1. The van der Waals surface area contributed by atoms with E-state index in [0.29, 0.717) is 5.82 Å². The molecule has 6 heteroatoms. The quantitative estimate of drug-likeness (QED) is 0.637. The number of nitrogens with zero attached hydrogens (tertiary/aromatic N) is 3. The molecule has 1 aromatic rings. The predicted octanol–water partition coefficient (Wildman–Crippen LogP) is 1.80. The van der Waals surface area contributed by atoms with Crippen molar-refractivity contribution >= 4 is 11.8 Å². The average Bonchev–Trinajstić information content (AvgIpc) is 2.53. The molecule has 116 valence electrons. The molecule has 0 aromatic carbocycles. The van der Waals surface area contributed by atoms with Crippen molar-refractivity contribution in [1.82, 2.24) is 14.9 Å². The maximum Gasteiger partial charge on any atom is 0.358 e. The van der Waals surface area contributed by atoms with Gasteiger partial charge in [-0.25, -0.2) is 14.8 Å². The van der Waals surface area contributed by atoms with Crippen LogP contribution in [0.25, 0.3) is 0 Å². The fourth-order valence-electron chi connectivity index (χ4n) is 2.59. The monoisotopic (exact) mass is 292 g/mol. The van der Waals surface area contributed by atoms with E-state index in [1.54, 1.807) is 6.20 Å². The summed E-state index contributed by atoms with van der Waals surface area (Å²) in [7, 11) is 3.52. The zero-order valence-corrected chi connectivity index (χ0v) is 12.8. The van der Waals surface area contributed by atoms with E-state index in [0.717, 1.165) is 18.9 Å². The van der Waals surface area contributed by atoms with Crippen LogP contribution in [-0.4, -0.2) is 54.6 Å². The third-order valence-electron chi connectivity index (χ3n) is 3.98. The number of hydrogen-bond donors (Lipinski definition) is 1. The second-order valence-electron chi connectivity index (χ2n) is 5.59. The van der Waals surface area contributed by atoms with Gasteiger partial charge in [0.2, 0.25) is 0 Å². The van der Waals surface area contributed by atoms with Crippen LogP contribution in [0.4, 0.5) is 5.82 Å². The summed E-state index contributed by atoms with van der Waals surface area (Å²) in [6.45, 7) is 3.33. The van der Waals surface area contributed by atoms with Gasteiger partial charge in [0.15, 0.2) is 5.69 Å². The van der Waals surface area contributed by atoms with Gasteiger partial charge in [-0.2, -0.15) is 0 Å². The van der Waals surface area contributed by atoms with Crippen molar-refractivity contribution < 1.29 is 9.53 Å². The van der Waals surface area contributed by atoms with Crippen LogP contribution < -0.4 is 5.32 Å². The Morgan fingerprint density at radius 3 is 2.76 bits per heavy atom. The number of nitrogens with one attached hydrogen (secondary N) is 1. The van der Waals surface area contributed by atoms with Gasteiger partial charge in [0.1, 0.15) is 5.82 Å². The molecular formula is C15H24N4O2. The lowest BCUT2D eigenvalue weighted by atomic mass is 9.92. The molecule has 0 bridgehead atoms. The van der Waals surface area contributed by atoms with Crippen LogP contribution in [0.2, 0.25) is 0 Å². The summed E-state index contributed by atoms with van der Waals surface area (Å²) in [5.41, 5.74) is 0.231. The van der Waals surface area contributed by atoms with Crippen molar-refractivity contribution in [3.63, 3.8) is 0 Å². The van der Waals surface area contributed by atoms with Crippen LogP contribution >= 0.6 is 0 Å². The number of carbonyl (C=O) groups excluding carboxylic acids is 1. The maximum absolute atomic E-state index is 11.2. The van der Waals surface area contributed by atoms with Crippen LogP contribution in [0.3, 0.4) is 0 Å². The second kappa shape index (κ2) is 7.93. The van der Waals surface area contributed by atoms with Crippen molar-refractivity contribution in [3.05, 3.63) is 18.1 Å².